The number of aryl methyl sites for hydroxylation is 1. The number of hydrogen-bond acceptors (Lipinski definition) is 6. The molecule has 0 N–H and O–H groups in total. The van der Waals surface area contributed by atoms with E-state index in [9.17, 15) is 8.42 Å². The van der Waals surface area contributed by atoms with Gasteiger partial charge < -0.3 is 4.90 Å². The van der Waals surface area contributed by atoms with Crippen molar-refractivity contribution in [1.82, 2.24) is 24.1 Å². The van der Waals surface area contributed by atoms with Crippen molar-refractivity contribution in [2.24, 2.45) is 0 Å². The molecule has 0 radical (unpaired) electrons. The molecular weight excluding hydrogens is 304 g/mol. The SMILES string of the molecule is Cc1nc(N2CCN(S(C)(=O)=O)CC2)cc(-n2cccn2)n1. The average molecular weight is 322 g/mol. The second-order valence-corrected chi connectivity index (χ2v) is 7.21. The zero-order valence-electron chi connectivity index (χ0n) is 12.5. The maximum absolute atomic E-state index is 11.6. The lowest BCUT2D eigenvalue weighted by Crippen LogP contribution is -2.48. The van der Waals surface area contributed by atoms with Gasteiger partial charge in [-0.05, 0) is 13.0 Å². The van der Waals surface area contributed by atoms with E-state index in [-0.39, 0.29) is 0 Å². The molecule has 0 aliphatic carbocycles. The molecule has 0 spiro atoms. The third-order valence-electron chi connectivity index (χ3n) is 3.58. The Morgan fingerprint density at radius 1 is 1.09 bits per heavy atom. The van der Waals surface area contributed by atoms with Crippen molar-refractivity contribution in [2.45, 2.75) is 6.92 Å². The van der Waals surface area contributed by atoms with Crippen LogP contribution in [-0.2, 0) is 10.0 Å². The molecule has 2 aromatic rings. The third kappa shape index (κ3) is 3.09. The Bertz CT molecular complexity index is 751. The Balaban J connectivity index is 1.82. The van der Waals surface area contributed by atoms with Crippen LogP contribution in [0.4, 0.5) is 5.82 Å². The Hall–Kier alpha value is -2.00. The molecule has 118 valence electrons. The maximum Gasteiger partial charge on any atom is 0.211 e. The van der Waals surface area contributed by atoms with Crippen LogP contribution in [0.2, 0.25) is 0 Å². The Morgan fingerprint density at radius 3 is 2.36 bits per heavy atom. The van der Waals surface area contributed by atoms with Crippen molar-refractivity contribution in [3.05, 3.63) is 30.4 Å². The molecule has 0 saturated carbocycles. The van der Waals surface area contributed by atoms with Crippen LogP contribution in [0, 0.1) is 6.92 Å². The van der Waals surface area contributed by atoms with Crippen molar-refractivity contribution < 1.29 is 8.42 Å². The van der Waals surface area contributed by atoms with Gasteiger partial charge in [0.1, 0.15) is 11.6 Å². The quantitative estimate of drug-likeness (QED) is 0.794. The largest absolute Gasteiger partial charge is 0.354 e. The highest BCUT2D eigenvalue weighted by atomic mass is 32.2. The normalized spacial score (nSPS) is 16.9. The van der Waals surface area contributed by atoms with Crippen LogP contribution in [0.15, 0.2) is 24.5 Å². The molecule has 22 heavy (non-hydrogen) atoms. The van der Waals surface area contributed by atoms with Crippen molar-refractivity contribution in [1.29, 1.82) is 0 Å². The van der Waals surface area contributed by atoms with Gasteiger partial charge in [-0.2, -0.15) is 9.40 Å². The summed E-state index contributed by atoms with van der Waals surface area (Å²) in [6.07, 6.45) is 4.77. The predicted molar refractivity (Wildman–Crippen MR) is 82.5 cm³/mol. The van der Waals surface area contributed by atoms with Gasteiger partial charge in [0.2, 0.25) is 10.0 Å². The van der Waals surface area contributed by atoms with Gasteiger partial charge >= 0.3 is 0 Å². The van der Waals surface area contributed by atoms with E-state index in [1.165, 1.54) is 10.6 Å². The Labute approximate surface area is 129 Å². The molecule has 0 unspecified atom stereocenters. The fourth-order valence-corrected chi connectivity index (χ4v) is 3.30. The second kappa shape index (κ2) is 5.65. The molecule has 2 aromatic heterocycles. The van der Waals surface area contributed by atoms with E-state index in [1.807, 2.05) is 25.3 Å². The van der Waals surface area contributed by atoms with E-state index >= 15 is 0 Å². The third-order valence-corrected chi connectivity index (χ3v) is 4.88. The zero-order valence-corrected chi connectivity index (χ0v) is 13.4. The standard InChI is InChI=1S/C13H18N6O2S/c1-11-15-12(10-13(16-11)19-5-3-4-14-19)17-6-8-18(9-7-17)22(2,20)21/h3-5,10H,6-9H2,1-2H3. The van der Waals surface area contributed by atoms with E-state index in [0.717, 1.165) is 5.82 Å². The van der Waals surface area contributed by atoms with Gasteiger partial charge in [0.05, 0.1) is 6.26 Å². The second-order valence-electron chi connectivity index (χ2n) is 5.23. The Kier molecular flexibility index (Phi) is 3.83. The molecule has 9 heteroatoms. The summed E-state index contributed by atoms with van der Waals surface area (Å²) in [7, 11) is -3.12. The van der Waals surface area contributed by atoms with E-state index in [1.54, 1.807) is 10.9 Å². The molecule has 1 aliphatic rings. The maximum atomic E-state index is 11.6. The molecule has 0 amide bonds. The van der Waals surface area contributed by atoms with Crippen LogP contribution in [0.1, 0.15) is 5.82 Å². The lowest BCUT2D eigenvalue weighted by Gasteiger charge is -2.34. The van der Waals surface area contributed by atoms with Gasteiger partial charge in [0.25, 0.3) is 0 Å². The van der Waals surface area contributed by atoms with Crippen LogP contribution in [0.25, 0.3) is 5.82 Å². The minimum Gasteiger partial charge on any atom is -0.354 e. The number of nitrogens with zero attached hydrogens (tertiary/aromatic N) is 6. The van der Waals surface area contributed by atoms with E-state index in [2.05, 4.69) is 20.0 Å². The molecule has 3 rings (SSSR count). The summed E-state index contributed by atoms with van der Waals surface area (Å²) in [4.78, 5) is 10.9. The smallest absolute Gasteiger partial charge is 0.211 e. The molecular formula is C13H18N6O2S. The number of rotatable bonds is 3. The number of hydrogen-bond donors (Lipinski definition) is 0. The summed E-state index contributed by atoms with van der Waals surface area (Å²) in [6.45, 7) is 4.01. The monoisotopic (exact) mass is 322 g/mol. The lowest BCUT2D eigenvalue weighted by molar-refractivity contribution is 0.387. The number of piperazine rings is 1. The van der Waals surface area contributed by atoms with E-state index in [0.29, 0.717) is 37.8 Å². The molecule has 1 aliphatic heterocycles. The van der Waals surface area contributed by atoms with E-state index in [4.69, 9.17) is 0 Å². The van der Waals surface area contributed by atoms with Crippen molar-refractivity contribution in [2.75, 3.05) is 37.3 Å². The van der Waals surface area contributed by atoms with Crippen LogP contribution in [-0.4, -0.2) is 64.9 Å². The molecule has 0 bridgehead atoms. The first kappa shape index (κ1) is 14.9. The summed E-state index contributed by atoms with van der Waals surface area (Å²) in [6, 6.07) is 3.71. The van der Waals surface area contributed by atoms with Crippen LogP contribution in [0.3, 0.4) is 0 Å². The highest BCUT2D eigenvalue weighted by molar-refractivity contribution is 7.88. The first-order valence-corrected chi connectivity index (χ1v) is 8.84. The van der Waals surface area contributed by atoms with Gasteiger partial charge in [-0.1, -0.05) is 0 Å². The topological polar surface area (TPSA) is 84.2 Å². The Morgan fingerprint density at radius 2 is 1.77 bits per heavy atom. The van der Waals surface area contributed by atoms with Crippen LogP contribution >= 0.6 is 0 Å². The van der Waals surface area contributed by atoms with Gasteiger partial charge in [0, 0.05) is 44.6 Å². The molecule has 8 nitrogen and oxygen atoms in total. The summed E-state index contributed by atoms with van der Waals surface area (Å²) in [5.41, 5.74) is 0. The highest BCUT2D eigenvalue weighted by Gasteiger charge is 2.24. The fraction of sp³-hybridized carbons (Fsp3) is 0.462. The zero-order chi connectivity index (χ0) is 15.7. The molecule has 1 fully saturated rings. The first-order valence-electron chi connectivity index (χ1n) is 6.99. The molecule has 0 atom stereocenters. The summed E-state index contributed by atoms with van der Waals surface area (Å²) in [5, 5.41) is 4.18. The fourth-order valence-electron chi connectivity index (χ4n) is 2.47. The van der Waals surface area contributed by atoms with Crippen molar-refractivity contribution >= 4 is 15.8 Å². The summed E-state index contributed by atoms with van der Waals surface area (Å²) < 4.78 is 26.3. The average Bonchev–Trinajstić information content (AvgIpc) is 3.00. The van der Waals surface area contributed by atoms with Gasteiger partial charge in [-0.3, -0.25) is 0 Å². The molecule has 0 aromatic carbocycles. The minimum atomic E-state index is -3.12. The highest BCUT2D eigenvalue weighted by Crippen LogP contribution is 2.17. The predicted octanol–water partition coefficient (Wildman–Crippen LogP) is 0.0523. The first-order chi connectivity index (χ1) is 10.4. The van der Waals surface area contributed by atoms with Crippen LogP contribution in [0.5, 0.6) is 0 Å². The number of aromatic nitrogens is 4. The van der Waals surface area contributed by atoms with Crippen molar-refractivity contribution in [3.63, 3.8) is 0 Å². The lowest BCUT2D eigenvalue weighted by atomic mass is 10.3. The summed E-state index contributed by atoms with van der Waals surface area (Å²) >= 11 is 0. The van der Waals surface area contributed by atoms with Gasteiger partial charge in [-0.15, -0.1) is 0 Å². The van der Waals surface area contributed by atoms with Gasteiger partial charge in [-0.25, -0.2) is 23.1 Å². The number of anilines is 1. The molecule has 3 heterocycles. The molecule has 1 saturated heterocycles. The van der Waals surface area contributed by atoms with Crippen LogP contribution < -0.4 is 4.90 Å². The summed E-state index contributed by atoms with van der Waals surface area (Å²) in [5.74, 6) is 2.16. The number of sulfonamides is 1. The van der Waals surface area contributed by atoms with Crippen molar-refractivity contribution in [3.8, 4) is 5.82 Å². The van der Waals surface area contributed by atoms with E-state index < -0.39 is 10.0 Å². The van der Waals surface area contributed by atoms with Gasteiger partial charge in [0.15, 0.2) is 5.82 Å². The minimum absolute atomic E-state index is 0.471.